The van der Waals surface area contributed by atoms with Crippen LogP contribution in [0.2, 0.25) is 15.1 Å². The maximum Gasteiger partial charge on any atom is 0.0842 e. The number of benzene rings is 2. The summed E-state index contributed by atoms with van der Waals surface area (Å²) in [6, 6.07) is 10.7. The van der Waals surface area contributed by atoms with Crippen molar-refractivity contribution in [2.24, 2.45) is 0 Å². The molecule has 0 spiro atoms. The Bertz CT molecular complexity index is 665. The lowest BCUT2D eigenvalue weighted by molar-refractivity contribution is 0.224. The Morgan fingerprint density at radius 2 is 1.81 bits per heavy atom. The molecule has 0 heterocycles. The van der Waals surface area contributed by atoms with Gasteiger partial charge in [-0.1, -0.05) is 40.9 Å². The smallest absolute Gasteiger partial charge is 0.0842 e. The van der Waals surface area contributed by atoms with Crippen molar-refractivity contribution < 1.29 is 5.11 Å². The van der Waals surface area contributed by atoms with Crippen molar-refractivity contribution in [1.82, 2.24) is 0 Å². The third-order valence-electron chi connectivity index (χ3n) is 3.18. The molecule has 2 aromatic carbocycles. The molecule has 0 fully saturated rings. The van der Waals surface area contributed by atoms with E-state index in [9.17, 15) is 5.11 Å². The SMILES string of the molecule is CC(CO)(Nc1ccc(Cl)c(Br)c1)c1ccc(Cl)cc1Cl. The van der Waals surface area contributed by atoms with Gasteiger partial charge in [0, 0.05) is 20.2 Å². The van der Waals surface area contributed by atoms with Gasteiger partial charge in [0.2, 0.25) is 0 Å². The number of halogens is 4. The summed E-state index contributed by atoms with van der Waals surface area (Å²) >= 11 is 21.5. The number of hydrogen-bond acceptors (Lipinski definition) is 2. The fourth-order valence-corrected chi connectivity index (χ4v) is 3.13. The molecule has 0 radical (unpaired) electrons. The van der Waals surface area contributed by atoms with Crippen molar-refractivity contribution in [3.05, 3.63) is 61.5 Å². The van der Waals surface area contributed by atoms with Crippen LogP contribution in [-0.2, 0) is 5.54 Å². The number of anilines is 1. The molecular weight excluding hydrogens is 396 g/mol. The first-order valence-corrected chi connectivity index (χ1v) is 8.08. The molecular formula is C15H13BrCl3NO. The van der Waals surface area contributed by atoms with Gasteiger partial charge in [-0.15, -0.1) is 0 Å². The largest absolute Gasteiger partial charge is 0.394 e. The first-order chi connectivity index (χ1) is 9.85. The Morgan fingerprint density at radius 1 is 1.10 bits per heavy atom. The van der Waals surface area contributed by atoms with Crippen molar-refractivity contribution >= 4 is 56.4 Å². The van der Waals surface area contributed by atoms with Crippen LogP contribution >= 0.6 is 50.7 Å². The van der Waals surface area contributed by atoms with Gasteiger partial charge in [0.05, 0.1) is 17.2 Å². The lowest BCUT2D eigenvalue weighted by atomic mass is 9.92. The Morgan fingerprint density at radius 3 is 2.38 bits per heavy atom. The summed E-state index contributed by atoms with van der Waals surface area (Å²) < 4.78 is 0.775. The Hall–Kier alpha value is -0.450. The van der Waals surface area contributed by atoms with Gasteiger partial charge in [-0.2, -0.15) is 0 Å². The van der Waals surface area contributed by atoms with Crippen molar-refractivity contribution in [2.75, 3.05) is 11.9 Å². The molecule has 112 valence electrons. The number of nitrogens with one attached hydrogen (secondary N) is 1. The summed E-state index contributed by atoms with van der Waals surface area (Å²) in [6.07, 6.45) is 0. The second-order valence-corrected chi connectivity index (χ2v) is 6.97. The molecule has 2 rings (SSSR count). The summed E-state index contributed by atoms with van der Waals surface area (Å²) in [5, 5.41) is 14.8. The maximum absolute atomic E-state index is 9.83. The topological polar surface area (TPSA) is 32.3 Å². The van der Waals surface area contributed by atoms with Gasteiger partial charge in [-0.3, -0.25) is 0 Å². The lowest BCUT2D eigenvalue weighted by Gasteiger charge is -2.31. The van der Waals surface area contributed by atoms with Gasteiger partial charge < -0.3 is 10.4 Å². The first-order valence-electron chi connectivity index (χ1n) is 6.15. The molecule has 0 saturated heterocycles. The van der Waals surface area contributed by atoms with Crippen molar-refractivity contribution in [3.63, 3.8) is 0 Å². The van der Waals surface area contributed by atoms with Crippen LogP contribution in [0.15, 0.2) is 40.9 Å². The van der Waals surface area contributed by atoms with E-state index in [1.54, 1.807) is 24.3 Å². The third-order valence-corrected chi connectivity index (χ3v) is 4.94. The Labute approximate surface area is 147 Å². The fourth-order valence-electron chi connectivity index (χ4n) is 2.02. The van der Waals surface area contributed by atoms with Crippen LogP contribution in [0.1, 0.15) is 12.5 Å². The minimum atomic E-state index is -0.741. The highest BCUT2D eigenvalue weighted by Gasteiger charge is 2.28. The van der Waals surface area contributed by atoms with Crippen LogP contribution in [-0.4, -0.2) is 11.7 Å². The van der Waals surface area contributed by atoms with Gasteiger partial charge in [0.15, 0.2) is 0 Å². The normalized spacial score (nSPS) is 13.8. The molecule has 0 saturated carbocycles. The molecule has 0 aliphatic carbocycles. The molecule has 2 aromatic rings. The van der Waals surface area contributed by atoms with Gasteiger partial charge in [-0.25, -0.2) is 0 Å². The van der Waals surface area contributed by atoms with Crippen LogP contribution in [0, 0.1) is 0 Å². The van der Waals surface area contributed by atoms with E-state index < -0.39 is 5.54 Å². The van der Waals surface area contributed by atoms with Crippen LogP contribution in [0.3, 0.4) is 0 Å². The van der Waals surface area contributed by atoms with Crippen LogP contribution in [0.4, 0.5) is 5.69 Å². The molecule has 0 aliphatic rings. The molecule has 0 bridgehead atoms. The maximum atomic E-state index is 9.83. The highest BCUT2D eigenvalue weighted by atomic mass is 79.9. The summed E-state index contributed by atoms with van der Waals surface area (Å²) in [5.74, 6) is 0. The minimum absolute atomic E-state index is 0.130. The van der Waals surface area contributed by atoms with Crippen LogP contribution in [0.5, 0.6) is 0 Å². The predicted molar refractivity (Wildman–Crippen MR) is 93.7 cm³/mol. The average molecular weight is 410 g/mol. The Balaban J connectivity index is 2.38. The van der Waals surface area contributed by atoms with E-state index in [0.29, 0.717) is 15.1 Å². The van der Waals surface area contributed by atoms with E-state index >= 15 is 0 Å². The summed E-state index contributed by atoms with van der Waals surface area (Å²) in [6.45, 7) is 1.74. The summed E-state index contributed by atoms with van der Waals surface area (Å²) in [5.41, 5.74) is 0.838. The van der Waals surface area contributed by atoms with Gasteiger partial charge >= 0.3 is 0 Å². The fraction of sp³-hybridized carbons (Fsp3) is 0.200. The molecule has 21 heavy (non-hydrogen) atoms. The molecule has 2 N–H and O–H groups in total. The minimum Gasteiger partial charge on any atom is -0.394 e. The average Bonchev–Trinajstić information content (AvgIpc) is 2.42. The zero-order valence-corrected chi connectivity index (χ0v) is 15.0. The van der Waals surface area contributed by atoms with Crippen molar-refractivity contribution in [2.45, 2.75) is 12.5 Å². The standard InChI is InChI=1S/C15H13BrCl3NO/c1-15(8-21,11-4-2-9(17)6-14(11)19)20-10-3-5-13(18)12(16)7-10/h2-7,20-21H,8H2,1H3. The van der Waals surface area contributed by atoms with Gasteiger partial charge in [0.25, 0.3) is 0 Å². The van der Waals surface area contributed by atoms with E-state index in [1.165, 1.54) is 0 Å². The number of hydrogen-bond donors (Lipinski definition) is 2. The molecule has 6 heteroatoms. The molecule has 0 aliphatic heterocycles. The molecule has 1 unspecified atom stereocenters. The van der Waals surface area contributed by atoms with E-state index in [-0.39, 0.29) is 6.61 Å². The molecule has 0 amide bonds. The van der Waals surface area contributed by atoms with Crippen molar-refractivity contribution in [1.29, 1.82) is 0 Å². The quantitative estimate of drug-likeness (QED) is 0.676. The highest BCUT2D eigenvalue weighted by molar-refractivity contribution is 9.10. The molecule has 0 aromatic heterocycles. The first kappa shape index (κ1) is 16.9. The second-order valence-electron chi connectivity index (χ2n) is 4.87. The van der Waals surface area contributed by atoms with Gasteiger partial charge in [0.1, 0.15) is 0 Å². The summed E-state index contributed by atoms with van der Waals surface area (Å²) in [4.78, 5) is 0. The zero-order valence-electron chi connectivity index (χ0n) is 11.1. The van der Waals surface area contributed by atoms with E-state index in [1.807, 2.05) is 19.1 Å². The number of aliphatic hydroxyl groups excluding tert-OH is 1. The highest BCUT2D eigenvalue weighted by Crippen LogP contribution is 2.34. The second kappa shape index (κ2) is 6.76. The van der Waals surface area contributed by atoms with E-state index in [4.69, 9.17) is 34.8 Å². The van der Waals surface area contributed by atoms with Crippen LogP contribution in [0.25, 0.3) is 0 Å². The van der Waals surface area contributed by atoms with Crippen molar-refractivity contribution in [3.8, 4) is 0 Å². The van der Waals surface area contributed by atoms with Crippen LogP contribution < -0.4 is 5.32 Å². The van der Waals surface area contributed by atoms with E-state index in [2.05, 4.69) is 21.2 Å². The zero-order chi connectivity index (χ0) is 15.6. The number of rotatable bonds is 4. The monoisotopic (exact) mass is 407 g/mol. The van der Waals surface area contributed by atoms with E-state index in [0.717, 1.165) is 15.7 Å². The van der Waals surface area contributed by atoms with Gasteiger partial charge in [-0.05, 0) is 58.7 Å². The summed E-state index contributed by atoms with van der Waals surface area (Å²) in [7, 11) is 0. The predicted octanol–water partition coefficient (Wildman–Crippen LogP) is 5.73. The lowest BCUT2D eigenvalue weighted by Crippen LogP contribution is -2.36. The third kappa shape index (κ3) is 3.85. The Kier molecular flexibility index (Phi) is 5.44. The molecule has 1 atom stereocenters. The molecule has 2 nitrogen and oxygen atoms in total. The number of aliphatic hydroxyl groups is 1.